The zero-order chi connectivity index (χ0) is 37.3. The smallest absolute Gasteiger partial charge is 0.407 e. The number of aliphatic hydroxyl groups is 1. The van der Waals surface area contributed by atoms with E-state index in [1.54, 1.807) is 50.2 Å². The summed E-state index contributed by atoms with van der Waals surface area (Å²) < 4.78 is 76.0. The number of anilines is 1. The van der Waals surface area contributed by atoms with Crippen LogP contribution in [0, 0.1) is 17.8 Å². The van der Waals surface area contributed by atoms with Gasteiger partial charge in [-0.2, -0.15) is 4.31 Å². The second kappa shape index (κ2) is 16.1. The van der Waals surface area contributed by atoms with Crippen molar-refractivity contribution in [2.24, 2.45) is 17.8 Å². The molecule has 18 heteroatoms. The van der Waals surface area contributed by atoms with Gasteiger partial charge in [0.1, 0.15) is 11.9 Å². The van der Waals surface area contributed by atoms with Crippen molar-refractivity contribution in [3.63, 3.8) is 0 Å². The summed E-state index contributed by atoms with van der Waals surface area (Å²) in [6.45, 7) is 4.43. The third kappa shape index (κ3) is 8.84. The molecule has 2 bridgehead atoms. The molecule has 3 N–H and O–H groups in total. The number of carbonyl (C=O) groups is 1. The quantitative estimate of drug-likeness (QED) is 0.150. The van der Waals surface area contributed by atoms with Crippen LogP contribution in [-0.4, -0.2) is 106 Å². The van der Waals surface area contributed by atoms with Gasteiger partial charge in [-0.25, -0.2) is 18.2 Å². The highest BCUT2D eigenvalue weighted by Crippen LogP contribution is 2.50. The number of fused-ring (bicyclic) bond motifs is 2. The average molecular weight is 795 g/mol. The van der Waals surface area contributed by atoms with Gasteiger partial charge in [0, 0.05) is 37.4 Å². The Morgan fingerprint density at radius 3 is 2.55 bits per heavy atom. The van der Waals surface area contributed by atoms with Crippen LogP contribution >= 0.6 is 18.9 Å². The predicted octanol–water partition coefficient (Wildman–Crippen LogP) is 4.80. The number of alkyl carbamates (subject to hydrolysis) is 1. The van der Waals surface area contributed by atoms with Crippen molar-refractivity contribution in [2.75, 3.05) is 51.7 Å². The normalized spacial score (nSPS) is 25.0. The van der Waals surface area contributed by atoms with Crippen LogP contribution in [0.15, 0.2) is 47.4 Å². The molecule has 1 amide bonds. The molecule has 3 heterocycles. The van der Waals surface area contributed by atoms with Crippen LogP contribution in [-0.2, 0) is 44.3 Å². The third-order valence-corrected chi connectivity index (χ3v) is 14.7. The zero-order valence-electron chi connectivity index (χ0n) is 29.9. The van der Waals surface area contributed by atoms with E-state index < -0.39 is 42.0 Å². The van der Waals surface area contributed by atoms with Gasteiger partial charge in [0.25, 0.3) is 0 Å². The average Bonchev–Trinajstić information content (AvgIpc) is 3.58. The summed E-state index contributed by atoms with van der Waals surface area (Å²) in [5, 5.41) is 18.5. The number of nitrogens with zero attached hydrogens (tertiary/aromatic N) is 2. The number of likely N-dealkylation sites (N-methyl/N-ethyl adjacent to an activating group) is 1. The Hall–Kier alpha value is -2.86. The lowest BCUT2D eigenvalue weighted by atomic mass is 9.98. The number of amides is 1. The maximum absolute atomic E-state index is 13.8. The van der Waals surface area contributed by atoms with Gasteiger partial charge in [0.05, 0.1) is 53.7 Å². The summed E-state index contributed by atoms with van der Waals surface area (Å²) in [6, 6.07) is 11.1. The number of thiazole rings is 1. The summed E-state index contributed by atoms with van der Waals surface area (Å²) in [5.74, 6) is 0.681. The molecule has 1 aromatic heterocycles. The molecule has 0 spiro atoms. The summed E-state index contributed by atoms with van der Waals surface area (Å²) >= 11 is 1.40. The van der Waals surface area contributed by atoms with Gasteiger partial charge >= 0.3 is 13.7 Å². The van der Waals surface area contributed by atoms with Crippen molar-refractivity contribution in [3.05, 3.63) is 48.0 Å². The Morgan fingerprint density at radius 2 is 1.83 bits per heavy atom. The molecule has 2 aliphatic carbocycles. The second-order valence-corrected chi connectivity index (χ2v) is 19.0. The number of aromatic nitrogens is 1. The van der Waals surface area contributed by atoms with E-state index in [0.717, 1.165) is 33.4 Å². The SMILES string of the molecule is CCOP(=O)(COc1ccc(C[C@H](NC(=O)OC2C3COC4OCC2C4C3)[C@H](O)CN(C)S(=O)(=O)c2ccc3nc(NC4CC4)sc3c2)cc1)OCC. The van der Waals surface area contributed by atoms with E-state index in [0.29, 0.717) is 36.1 Å². The molecular formula is C35H47N4O11PS2. The highest BCUT2D eigenvalue weighted by Gasteiger charge is 2.56. The number of benzene rings is 2. The number of hydrogen-bond acceptors (Lipinski definition) is 14. The van der Waals surface area contributed by atoms with Crippen LogP contribution in [0.5, 0.6) is 5.75 Å². The highest BCUT2D eigenvalue weighted by atomic mass is 32.2. The summed E-state index contributed by atoms with van der Waals surface area (Å²) in [6.07, 6.45) is 0.214. The lowest BCUT2D eigenvalue weighted by Crippen LogP contribution is -2.51. The van der Waals surface area contributed by atoms with E-state index in [1.165, 1.54) is 24.5 Å². The molecule has 2 saturated carbocycles. The molecule has 4 aliphatic rings. The Kier molecular flexibility index (Phi) is 11.7. The fourth-order valence-corrected chi connectivity index (χ4v) is 10.9. The van der Waals surface area contributed by atoms with E-state index in [1.807, 2.05) is 0 Å². The van der Waals surface area contributed by atoms with Crippen molar-refractivity contribution in [3.8, 4) is 5.75 Å². The Labute approximate surface area is 313 Å². The van der Waals surface area contributed by atoms with Crippen LogP contribution in [0.4, 0.5) is 9.93 Å². The van der Waals surface area contributed by atoms with Gasteiger partial charge in [0.15, 0.2) is 17.8 Å². The first-order valence-corrected chi connectivity index (χ1v) is 22.0. The third-order valence-electron chi connectivity index (χ3n) is 10.1. The maximum atomic E-state index is 13.8. The molecule has 7 atom stereocenters. The first-order valence-electron chi connectivity index (χ1n) is 18.1. The summed E-state index contributed by atoms with van der Waals surface area (Å²) in [5.41, 5.74) is 1.42. The van der Waals surface area contributed by atoms with Crippen molar-refractivity contribution >= 4 is 50.4 Å². The summed E-state index contributed by atoms with van der Waals surface area (Å²) in [4.78, 5) is 18.1. The van der Waals surface area contributed by atoms with Gasteiger partial charge in [-0.15, -0.1) is 0 Å². The molecule has 2 saturated heterocycles. The molecule has 53 heavy (non-hydrogen) atoms. The van der Waals surface area contributed by atoms with Crippen LogP contribution in [0.25, 0.3) is 10.2 Å². The molecule has 0 radical (unpaired) electrons. The maximum Gasteiger partial charge on any atom is 0.407 e. The Bertz CT molecular complexity index is 1900. The fraction of sp³-hybridized carbons (Fsp3) is 0.600. The zero-order valence-corrected chi connectivity index (χ0v) is 32.4. The monoisotopic (exact) mass is 794 g/mol. The number of rotatable bonds is 18. The Balaban J connectivity index is 1.04. The van der Waals surface area contributed by atoms with E-state index in [9.17, 15) is 22.9 Å². The lowest BCUT2D eigenvalue weighted by molar-refractivity contribution is -0.169. The van der Waals surface area contributed by atoms with Gasteiger partial charge in [-0.3, -0.25) is 4.57 Å². The number of ether oxygens (including phenoxy) is 4. The largest absolute Gasteiger partial charge is 0.481 e. The van der Waals surface area contributed by atoms with Gasteiger partial charge in [-0.1, -0.05) is 23.5 Å². The van der Waals surface area contributed by atoms with E-state index in [4.69, 9.17) is 28.0 Å². The number of nitrogens with one attached hydrogen (secondary N) is 2. The van der Waals surface area contributed by atoms with Crippen LogP contribution in [0.2, 0.25) is 0 Å². The molecule has 3 aromatic rings. The predicted molar refractivity (Wildman–Crippen MR) is 197 cm³/mol. The van der Waals surface area contributed by atoms with E-state index in [2.05, 4.69) is 15.6 Å². The molecule has 290 valence electrons. The van der Waals surface area contributed by atoms with Crippen molar-refractivity contribution in [1.29, 1.82) is 0 Å². The number of carbonyl (C=O) groups excluding carboxylic acids is 1. The van der Waals surface area contributed by atoms with E-state index in [-0.39, 0.29) is 61.5 Å². The van der Waals surface area contributed by atoms with Gasteiger partial charge in [-0.05, 0) is 75.4 Å². The molecule has 5 unspecified atom stereocenters. The fourth-order valence-electron chi connectivity index (χ4n) is 7.27. The minimum Gasteiger partial charge on any atom is -0.481 e. The van der Waals surface area contributed by atoms with Crippen molar-refractivity contribution in [2.45, 2.75) is 75.0 Å². The molecule has 2 aliphatic heterocycles. The molecule has 7 rings (SSSR count). The van der Waals surface area contributed by atoms with Crippen LogP contribution in [0.3, 0.4) is 0 Å². The first-order chi connectivity index (χ1) is 25.4. The van der Waals surface area contributed by atoms with Crippen molar-refractivity contribution in [1.82, 2.24) is 14.6 Å². The van der Waals surface area contributed by atoms with Crippen molar-refractivity contribution < 1.29 is 50.9 Å². The Morgan fingerprint density at radius 1 is 1.09 bits per heavy atom. The molecule has 2 aromatic carbocycles. The van der Waals surface area contributed by atoms with Gasteiger partial charge < -0.3 is 43.7 Å². The standard InChI is InChI=1S/C35H47N4O11PS2/c1-4-48-51(42,49-5-2)20-47-24-10-6-21(7-11-24)14-29(38-35(41)50-32-22-15-26-27(32)19-46-33(26)45-18-22)30(40)17-39(3)53(43,44)25-12-13-28-31(16-25)52-34(37-28)36-23-8-9-23/h6-7,10-13,16,22-23,26-27,29-30,32-33,40H,4-5,8-9,14-15,17-20H2,1-3H3,(H,36,37)(H,38,41)/t22?,26?,27?,29-,30+,32?,33?/m0/s1. The molecular weight excluding hydrogens is 748 g/mol. The number of hydrogen-bond donors (Lipinski definition) is 3. The first kappa shape index (κ1) is 38.4. The number of aliphatic hydroxyl groups excluding tert-OH is 1. The minimum atomic E-state index is -4.03. The van der Waals surface area contributed by atoms with Crippen LogP contribution in [0.1, 0.15) is 38.7 Å². The van der Waals surface area contributed by atoms with Crippen LogP contribution < -0.4 is 15.4 Å². The topological polar surface area (TPSA) is 184 Å². The second-order valence-electron chi connectivity index (χ2n) is 14.0. The molecule has 15 nitrogen and oxygen atoms in total. The minimum absolute atomic E-state index is 0.0302. The number of sulfonamides is 1. The summed E-state index contributed by atoms with van der Waals surface area (Å²) in [7, 11) is -6.06. The van der Waals surface area contributed by atoms with Gasteiger partial charge in [0.2, 0.25) is 10.0 Å². The molecule has 4 fully saturated rings. The lowest BCUT2D eigenvalue weighted by Gasteiger charge is -2.30. The van der Waals surface area contributed by atoms with E-state index >= 15 is 0 Å². The highest BCUT2D eigenvalue weighted by molar-refractivity contribution is 7.89.